The van der Waals surface area contributed by atoms with E-state index in [1.165, 1.54) is 5.56 Å². The monoisotopic (exact) mass is 247 g/mol. The Labute approximate surface area is 111 Å². The van der Waals surface area contributed by atoms with Gasteiger partial charge in [0.15, 0.2) is 0 Å². The first kappa shape index (κ1) is 14.7. The maximum absolute atomic E-state index is 12.0. The maximum Gasteiger partial charge on any atom is 0.251 e. The van der Waals surface area contributed by atoms with Crippen LogP contribution in [0.1, 0.15) is 50.0 Å². The molecule has 0 aliphatic rings. The number of hydrogen-bond donors (Lipinski definition) is 1. The molecule has 0 saturated carbocycles. The second kappa shape index (κ2) is 7.20. The lowest BCUT2D eigenvalue weighted by atomic mass is 10.0. The van der Waals surface area contributed by atoms with E-state index in [-0.39, 0.29) is 5.91 Å². The van der Waals surface area contributed by atoms with E-state index in [1.54, 1.807) is 0 Å². The summed E-state index contributed by atoms with van der Waals surface area (Å²) in [6, 6.07) is 7.94. The molecule has 2 heteroatoms. The minimum Gasteiger partial charge on any atom is -0.352 e. The number of carbonyl (C=O) groups excluding carboxylic acids is 1. The molecular weight excluding hydrogens is 222 g/mol. The van der Waals surface area contributed by atoms with Gasteiger partial charge >= 0.3 is 0 Å². The summed E-state index contributed by atoms with van der Waals surface area (Å²) < 4.78 is 0. The predicted molar refractivity (Wildman–Crippen MR) is 76.8 cm³/mol. The van der Waals surface area contributed by atoms with Gasteiger partial charge in [-0.25, -0.2) is 0 Å². The van der Waals surface area contributed by atoms with Gasteiger partial charge in [-0.3, -0.25) is 4.79 Å². The fourth-order valence-corrected chi connectivity index (χ4v) is 1.89. The number of hydrogen-bond acceptors (Lipinski definition) is 1. The molecule has 0 saturated heterocycles. The minimum absolute atomic E-state index is 0.0428. The Morgan fingerprint density at radius 1 is 1.17 bits per heavy atom. The van der Waals surface area contributed by atoms with Crippen molar-refractivity contribution in [2.24, 2.45) is 11.8 Å². The molecule has 100 valence electrons. The largest absolute Gasteiger partial charge is 0.352 e. The highest BCUT2D eigenvalue weighted by Crippen LogP contribution is 2.10. The topological polar surface area (TPSA) is 29.1 Å². The van der Waals surface area contributed by atoms with Crippen LogP contribution in [0.3, 0.4) is 0 Å². The SMILES string of the molecule is CC(C)CCNC(=O)c1cccc(CC(C)C)c1. The van der Waals surface area contributed by atoms with Gasteiger partial charge in [0.2, 0.25) is 0 Å². The molecule has 0 radical (unpaired) electrons. The summed E-state index contributed by atoms with van der Waals surface area (Å²) in [6.07, 6.45) is 2.05. The molecule has 0 atom stereocenters. The Balaban J connectivity index is 2.57. The van der Waals surface area contributed by atoms with Crippen LogP contribution in [0.15, 0.2) is 24.3 Å². The molecule has 0 aliphatic carbocycles. The van der Waals surface area contributed by atoms with Gasteiger partial charge < -0.3 is 5.32 Å². The van der Waals surface area contributed by atoms with Crippen molar-refractivity contribution >= 4 is 5.91 Å². The van der Waals surface area contributed by atoms with Crippen LogP contribution in [-0.2, 0) is 6.42 Å². The van der Waals surface area contributed by atoms with Crippen LogP contribution < -0.4 is 5.32 Å². The lowest BCUT2D eigenvalue weighted by Gasteiger charge is -2.09. The first-order chi connectivity index (χ1) is 8.49. The molecule has 1 amide bonds. The Hall–Kier alpha value is -1.31. The molecule has 0 aromatic heterocycles. The second-order valence-corrected chi connectivity index (χ2v) is 5.74. The first-order valence-corrected chi connectivity index (χ1v) is 6.86. The van der Waals surface area contributed by atoms with Gasteiger partial charge in [0.25, 0.3) is 5.91 Å². The van der Waals surface area contributed by atoms with E-state index in [1.807, 2.05) is 18.2 Å². The van der Waals surface area contributed by atoms with Crippen molar-refractivity contribution in [3.05, 3.63) is 35.4 Å². The number of nitrogens with one attached hydrogen (secondary N) is 1. The molecule has 0 spiro atoms. The molecular formula is C16H25NO. The average Bonchev–Trinajstić information content (AvgIpc) is 2.27. The molecule has 18 heavy (non-hydrogen) atoms. The van der Waals surface area contributed by atoms with Crippen LogP contribution in [0, 0.1) is 11.8 Å². The molecule has 1 aromatic rings. The highest BCUT2D eigenvalue weighted by Gasteiger charge is 2.06. The van der Waals surface area contributed by atoms with Gasteiger partial charge in [-0.1, -0.05) is 39.8 Å². The average molecular weight is 247 g/mol. The maximum atomic E-state index is 12.0. The third kappa shape index (κ3) is 5.35. The molecule has 0 fully saturated rings. The predicted octanol–water partition coefficient (Wildman–Crippen LogP) is 3.66. The number of benzene rings is 1. The Kier molecular flexibility index (Phi) is 5.90. The van der Waals surface area contributed by atoms with Gasteiger partial charge in [0.1, 0.15) is 0 Å². The summed E-state index contributed by atoms with van der Waals surface area (Å²) in [5.74, 6) is 1.28. The van der Waals surface area contributed by atoms with Crippen molar-refractivity contribution in [2.75, 3.05) is 6.54 Å². The van der Waals surface area contributed by atoms with Gasteiger partial charge in [0.05, 0.1) is 0 Å². The summed E-state index contributed by atoms with van der Waals surface area (Å²) in [7, 11) is 0. The Bertz CT molecular complexity index is 382. The molecule has 0 heterocycles. The molecule has 1 rings (SSSR count). The van der Waals surface area contributed by atoms with Crippen LogP contribution in [0.4, 0.5) is 0 Å². The van der Waals surface area contributed by atoms with Crippen LogP contribution in [-0.4, -0.2) is 12.5 Å². The van der Waals surface area contributed by atoms with Gasteiger partial charge in [-0.2, -0.15) is 0 Å². The number of carbonyl (C=O) groups is 1. The van der Waals surface area contributed by atoms with E-state index >= 15 is 0 Å². The van der Waals surface area contributed by atoms with E-state index < -0.39 is 0 Å². The molecule has 0 bridgehead atoms. The fourth-order valence-electron chi connectivity index (χ4n) is 1.89. The van der Waals surface area contributed by atoms with Crippen molar-refractivity contribution in [1.29, 1.82) is 0 Å². The molecule has 0 aliphatic heterocycles. The minimum atomic E-state index is 0.0428. The summed E-state index contributed by atoms with van der Waals surface area (Å²) in [4.78, 5) is 12.0. The number of amides is 1. The summed E-state index contributed by atoms with van der Waals surface area (Å²) in [5.41, 5.74) is 2.01. The Morgan fingerprint density at radius 2 is 1.89 bits per heavy atom. The quantitative estimate of drug-likeness (QED) is 0.816. The highest BCUT2D eigenvalue weighted by atomic mass is 16.1. The molecule has 0 unspecified atom stereocenters. The van der Waals surface area contributed by atoms with Crippen molar-refractivity contribution in [1.82, 2.24) is 5.32 Å². The van der Waals surface area contributed by atoms with Crippen LogP contribution >= 0.6 is 0 Å². The Morgan fingerprint density at radius 3 is 2.50 bits per heavy atom. The first-order valence-electron chi connectivity index (χ1n) is 6.86. The lowest BCUT2D eigenvalue weighted by molar-refractivity contribution is 0.0952. The van der Waals surface area contributed by atoms with Gasteiger partial charge in [-0.05, 0) is 42.4 Å². The summed E-state index contributed by atoms with van der Waals surface area (Å²) in [5, 5.41) is 2.97. The third-order valence-corrected chi connectivity index (χ3v) is 2.84. The standard InChI is InChI=1S/C16H25NO/c1-12(2)8-9-17-16(18)15-7-5-6-14(11-15)10-13(3)4/h5-7,11-13H,8-10H2,1-4H3,(H,17,18). The van der Waals surface area contributed by atoms with Gasteiger partial charge in [-0.15, -0.1) is 0 Å². The zero-order valence-corrected chi connectivity index (χ0v) is 12.0. The highest BCUT2D eigenvalue weighted by molar-refractivity contribution is 5.94. The second-order valence-electron chi connectivity index (χ2n) is 5.74. The zero-order valence-electron chi connectivity index (χ0n) is 12.0. The van der Waals surface area contributed by atoms with Crippen LogP contribution in [0.5, 0.6) is 0 Å². The summed E-state index contributed by atoms with van der Waals surface area (Å²) >= 11 is 0. The van der Waals surface area contributed by atoms with E-state index in [0.29, 0.717) is 11.8 Å². The summed E-state index contributed by atoms with van der Waals surface area (Å²) in [6.45, 7) is 9.46. The zero-order chi connectivity index (χ0) is 13.5. The third-order valence-electron chi connectivity index (χ3n) is 2.84. The molecule has 1 N–H and O–H groups in total. The molecule has 2 nitrogen and oxygen atoms in total. The van der Waals surface area contributed by atoms with Crippen molar-refractivity contribution < 1.29 is 4.79 Å². The smallest absolute Gasteiger partial charge is 0.251 e. The van der Waals surface area contributed by atoms with E-state index in [9.17, 15) is 4.79 Å². The van der Waals surface area contributed by atoms with Gasteiger partial charge in [0, 0.05) is 12.1 Å². The van der Waals surface area contributed by atoms with Crippen molar-refractivity contribution in [3.8, 4) is 0 Å². The van der Waals surface area contributed by atoms with Crippen LogP contribution in [0.25, 0.3) is 0 Å². The van der Waals surface area contributed by atoms with Crippen molar-refractivity contribution in [2.45, 2.75) is 40.5 Å². The fraction of sp³-hybridized carbons (Fsp3) is 0.562. The lowest BCUT2D eigenvalue weighted by Crippen LogP contribution is -2.25. The van der Waals surface area contributed by atoms with Crippen molar-refractivity contribution in [3.63, 3.8) is 0 Å². The normalized spacial score (nSPS) is 11.0. The number of rotatable bonds is 6. The van der Waals surface area contributed by atoms with E-state index in [2.05, 4.69) is 39.1 Å². The van der Waals surface area contributed by atoms with Crippen LogP contribution in [0.2, 0.25) is 0 Å². The van der Waals surface area contributed by atoms with E-state index in [4.69, 9.17) is 0 Å². The van der Waals surface area contributed by atoms with E-state index in [0.717, 1.165) is 24.9 Å². The molecule has 1 aromatic carbocycles.